The van der Waals surface area contributed by atoms with Crippen LogP contribution in [0.25, 0.3) is 5.69 Å². The number of phenolic OH excluding ortho intramolecular Hbond substituents is 1. The Morgan fingerprint density at radius 3 is 2.40 bits per heavy atom. The summed E-state index contributed by atoms with van der Waals surface area (Å²) in [5.41, 5.74) is 6.51. The molecule has 2 N–H and O–H groups in total. The summed E-state index contributed by atoms with van der Waals surface area (Å²) in [4.78, 5) is 9.26. The van der Waals surface area contributed by atoms with E-state index < -0.39 is 0 Å². The molecule has 9 heteroatoms. The summed E-state index contributed by atoms with van der Waals surface area (Å²) in [5, 5.41) is 16.2. The number of halogens is 2. The third kappa shape index (κ3) is 5.23. The van der Waals surface area contributed by atoms with E-state index in [0.717, 1.165) is 47.1 Å². The maximum Gasteiger partial charge on any atom is 0.174 e. The highest BCUT2D eigenvalue weighted by molar-refractivity contribution is 7.80. The Kier molecular flexibility index (Phi) is 7.85. The molecular weight excluding hydrogens is 585 g/mol. The standard InChI is InChI=1S/C33H35Cl2N5OS/c1-19-13-20(2)18-38(17-19)28-10-9-24(16-26(28)35)40-32(31(37-33(40)42)27-7-5-6-12-36-27)25-14-21(3)39(22(25)4)29-15-23(34)8-11-30(29)41/h5-12,14-16,19-20,31-32,41H,13,17-18H2,1-4H3,(H,37,42)/t19-,20+,31-,32+/m0/s1. The average molecular weight is 621 g/mol. The Hall–Kier alpha value is -3.26. The van der Waals surface area contributed by atoms with Gasteiger partial charge in [0.25, 0.3) is 0 Å². The van der Waals surface area contributed by atoms with Crippen LogP contribution in [0.4, 0.5) is 11.4 Å². The number of benzene rings is 2. The third-order valence-electron chi connectivity index (χ3n) is 8.48. The monoisotopic (exact) mass is 619 g/mol. The molecule has 2 aliphatic rings. The maximum absolute atomic E-state index is 10.8. The Balaban J connectivity index is 1.45. The van der Waals surface area contributed by atoms with Gasteiger partial charge < -0.3 is 24.8 Å². The number of nitrogens with zero attached hydrogens (tertiary/aromatic N) is 4. The quantitative estimate of drug-likeness (QED) is 0.220. The van der Waals surface area contributed by atoms with Crippen LogP contribution in [0.15, 0.2) is 66.9 Å². The number of aromatic hydroxyl groups is 1. The van der Waals surface area contributed by atoms with E-state index in [9.17, 15) is 5.11 Å². The Labute approximate surface area is 262 Å². The highest BCUT2D eigenvalue weighted by atomic mass is 35.5. The molecule has 4 atom stereocenters. The molecule has 2 aromatic carbocycles. The normalized spacial score (nSPS) is 22.5. The first-order valence-electron chi connectivity index (χ1n) is 14.3. The molecule has 2 saturated heterocycles. The number of phenols is 1. The number of pyridine rings is 1. The predicted molar refractivity (Wildman–Crippen MR) is 176 cm³/mol. The van der Waals surface area contributed by atoms with Gasteiger partial charge >= 0.3 is 0 Å². The van der Waals surface area contributed by atoms with Gasteiger partial charge in [-0.2, -0.15) is 0 Å². The summed E-state index contributed by atoms with van der Waals surface area (Å²) in [6.07, 6.45) is 3.04. The van der Waals surface area contributed by atoms with Crippen molar-refractivity contribution in [2.75, 3.05) is 22.9 Å². The number of rotatable bonds is 5. The summed E-state index contributed by atoms with van der Waals surface area (Å²) >= 11 is 19.4. The average Bonchev–Trinajstić information content (AvgIpc) is 3.44. The number of piperidine rings is 1. The van der Waals surface area contributed by atoms with Crippen LogP contribution in [-0.4, -0.2) is 32.9 Å². The summed E-state index contributed by atoms with van der Waals surface area (Å²) in [5.74, 6) is 1.41. The van der Waals surface area contributed by atoms with Crippen LogP contribution in [0.1, 0.15) is 55.0 Å². The maximum atomic E-state index is 10.8. The first-order chi connectivity index (χ1) is 20.1. The van der Waals surface area contributed by atoms with E-state index in [1.807, 2.05) is 35.8 Å². The molecule has 4 aromatic rings. The van der Waals surface area contributed by atoms with E-state index in [-0.39, 0.29) is 17.8 Å². The van der Waals surface area contributed by atoms with Crippen LogP contribution >= 0.6 is 35.4 Å². The van der Waals surface area contributed by atoms with Gasteiger partial charge in [-0.3, -0.25) is 4.98 Å². The van der Waals surface area contributed by atoms with E-state index in [2.05, 4.69) is 54.1 Å². The Morgan fingerprint density at radius 1 is 0.952 bits per heavy atom. The van der Waals surface area contributed by atoms with Crippen molar-refractivity contribution >= 4 is 51.9 Å². The lowest BCUT2D eigenvalue weighted by atomic mass is 9.91. The number of nitrogens with one attached hydrogen (secondary N) is 1. The van der Waals surface area contributed by atoms with E-state index in [1.165, 1.54) is 6.42 Å². The molecule has 218 valence electrons. The van der Waals surface area contributed by atoms with Gasteiger partial charge in [-0.05, 0) is 104 Å². The number of anilines is 2. The second-order valence-electron chi connectivity index (χ2n) is 11.8. The van der Waals surface area contributed by atoms with Crippen molar-refractivity contribution < 1.29 is 5.11 Å². The molecule has 0 saturated carbocycles. The predicted octanol–water partition coefficient (Wildman–Crippen LogP) is 8.16. The smallest absolute Gasteiger partial charge is 0.174 e. The SMILES string of the molecule is Cc1cc([C@@H]2[C@H](c3ccccn3)NC(=S)N2c2ccc(N3C[C@H](C)C[C@H](C)C3)c(Cl)c2)c(C)n1-c1cc(Cl)ccc1O. The number of hydrogen-bond acceptors (Lipinski definition) is 4. The van der Waals surface area contributed by atoms with Crippen molar-refractivity contribution in [2.45, 2.75) is 46.2 Å². The molecule has 2 aliphatic heterocycles. The fraction of sp³-hybridized carbons (Fsp3) is 0.333. The molecular formula is C33H35Cl2N5OS. The van der Waals surface area contributed by atoms with Crippen LogP contribution in [0, 0.1) is 25.7 Å². The Bertz CT molecular complexity index is 1630. The molecule has 42 heavy (non-hydrogen) atoms. The first-order valence-corrected chi connectivity index (χ1v) is 15.5. The summed E-state index contributed by atoms with van der Waals surface area (Å²) < 4.78 is 2.04. The highest BCUT2D eigenvalue weighted by Crippen LogP contribution is 2.45. The largest absolute Gasteiger partial charge is 0.506 e. The van der Waals surface area contributed by atoms with Crippen LogP contribution in [-0.2, 0) is 0 Å². The summed E-state index contributed by atoms with van der Waals surface area (Å²) in [6.45, 7) is 10.7. The van der Waals surface area contributed by atoms with E-state index in [1.54, 1.807) is 24.4 Å². The van der Waals surface area contributed by atoms with Crippen LogP contribution in [0.5, 0.6) is 5.75 Å². The molecule has 0 bridgehead atoms. The molecule has 2 aromatic heterocycles. The minimum atomic E-state index is -0.217. The number of aromatic nitrogens is 2. The minimum absolute atomic E-state index is 0.162. The molecule has 6 rings (SSSR count). The van der Waals surface area contributed by atoms with Gasteiger partial charge in [0.2, 0.25) is 0 Å². The molecule has 2 fully saturated rings. The zero-order valence-electron chi connectivity index (χ0n) is 24.2. The fourth-order valence-electron chi connectivity index (χ4n) is 6.84. The van der Waals surface area contributed by atoms with Crippen molar-refractivity contribution in [3.63, 3.8) is 0 Å². The number of aryl methyl sites for hydroxylation is 1. The van der Waals surface area contributed by atoms with Gasteiger partial charge in [0.05, 0.1) is 34.2 Å². The van der Waals surface area contributed by atoms with Crippen molar-refractivity contribution in [1.29, 1.82) is 0 Å². The van der Waals surface area contributed by atoms with Crippen LogP contribution in [0.2, 0.25) is 10.0 Å². The zero-order chi connectivity index (χ0) is 29.7. The molecule has 6 nitrogen and oxygen atoms in total. The van der Waals surface area contributed by atoms with Gasteiger partial charge in [0.15, 0.2) is 5.11 Å². The van der Waals surface area contributed by atoms with Crippen molar-refractivity contribution in [2.24, 2.45) is 11.8 Å². The summed E-state index contributed by atoms with van der Waals surface area (Å²) in [7, 11) is 0. The van der Waals surface area contributed by atoms with E-state index >= 15 is 0 Å². The topological polar surface area (TPSA) is 56.6 Å². The number of thiocarbonyl (C=S) groups is 1. The second kappa shape index (κ2) is 11.4. The van der Waals surface area contributed by atoms with Gasteiger partial charge in [-0.25, -0.2) is 0 Å². The lowest BCUT2D eigenvalue weighted by molar-refractivity contribution is 0.357. The lowest BCUT2D eigenvalue weighted by Crippen LogP contribution is -2.38. The zero-order valence-corrected chi connectivity index (χ0v) is 26.5. The van der Waals surface area contributed by atoms with Crippen LogP contribution in [0.3, 0.4) is 0 Å². The molecule has 0 spiro atoms. The van der Waals surface area contributed by atoms with Crippen molar-refractivity contribution in [1.82, 2.24) is 14.9 Å². The number of hydrogen-bond donors (Lipinski definition) is 2. The van der Waals surface area contributed by atoms with Gasteiger partial charge in [0.1, 0.15) is 5.75 Å². The van der Waals surface area contributed by atoms with E-state index in [0.29, 0.717) is 32.7 Å². The van der Waals surface area contributed by atoms with Crippen molar-refractivity contribution in [3.8, 4) is 11.4 Å². The van der Waals surface area contributed by atoms with Crippen molar-refractivity contribution in [3.05, 3.63) is 99.6 Å². The minimum Gasteiger partial charge on any atom is -0.506 e. The second-order valence-corrected chi connectivity index (χ2v) is 13.0. The lowest BCUT2D eigenvalue weighted by Gasteiger charge is -2.37. The van der Waals surface area contributed by atoms with Gasteiger partial charge in [-0.1, -0.05) is 43.1 Å². The molecule has 0 aliphatic carbocycles. The fourth-order valence-corrected chi connectivity index (χ4v) is 7.65. The molecule has 0 unspecified atom stereocenters. The molecule has 4 heterocycles. The van der Waals surface area contributed by atoms with E-state index in [4.69, 9.17) is 40.4 Å². The Morgan fingerprint density at radius 2 is 1.71 bits per heavy atom. The molecule has 0 amide bonds. The van der Waals surface area contributed by atoms with Gasteiger partial charge in [0, 0.05) is 41.4 Å². The molecule has 0 radical (unpaired) electrons. The van der Waals surface area contributed by atoms with Gasteiger partial charge in [-0.15, -0.1) is 0 Å². The summed E-state index contributed by atoms with van der Waals surface area (Å²) in [6, 6.07) is 19.0. The first kappa shape index (κ1) is 28.8. The van der Waals surface area contributed by atoms with Crippen LogP contribution < -0.4 is 15.1 Å². The third-order valence-corrected chi connectivity index (χ3v) is 9.34. The highest BCUT2D eigenvalue weighted by Gasteiger charge is 2.42.